The molecule has 0 spiro atoms. The third-order valence-electron chi connectivity index (χ3n) is 2.77. The fraction of sp³-hybridized carbons (Fsp3) is 0. The normalized spacial score (nSPS) is 10.9. The molecule has 0 aliphatic rings. The Morgan fingerprint density at radius 3 is 2.56 bits per heavy atom. The highest BCUT2D eigenvalue weighted by Gasteiger charge is 2.09. The minimum atomic E-state index is -0.395. The van der Waals surface area contributed by atoms with Crippen molar-refractivity contribution in [3.05, 3.63) is 57.1 Å². The van der Waals surface area contributed by atoms with Gasteiger partial charge in [-0.05, 0) is 12.1 Å². The van der Waals surface area contributed by atoms with Gasteiger partial charge in [-0.3, -0.25) is 10.1 Å². The highest BCUT2D eigenvalue weighted by atomic mass is 32.1. The number of hydrogen-bond acceptors (Lipinski definition) is 4. The van der Waals surface area contributed by atoms with E-state index in [2.05, 4.69) is 0 Å². The van der Waals surface area contributed by atoms with E-state index in [1.165, 1.54) is 6.07 Å². The Hall–Kier alpha value is -1.85. The van der Waals surface area contributed by atoms with Crippen LogP contribution in [0.4, 0.5) is 5.69 Å². The van der Waals surface area contributed by atoms with Gasteiger partial charge in [-0.15, -0.1) is 11.3 Å². The highest BCUT2D eigenvalue weighted by Crippen LogP contribution is 2.32. The summed E-state index contributed by atoms with van der Waals surface area (Å²) in [7, 11) is 0. The van der Waals surface area contributed by atoms with Gasteiger partial charge in [0, 0.05) is 32.3 Å². The number of nitro groups is 1. The zero-order valence-electron chi connectivity index (χ0n) is 9.12. The van der Waals surface area contributed by atoms with Crippen molar-refractivity contribution in [2.45, 2.75) is 0 Å². The summed E-state index contributed by atoms with van der Waals surface area (Å²) >= 11 is 7.02. The van der Waals surface area contributed by atoms with Gasteiger partial charge in [0.1, 0.15) is 0 Å². The maximum Gasteiger partial charge on any atom is 0.270 e. The summed E-state index contributed by atoms with van der Waals surface area (Å²) in [6.07, 6.45) is 0. The lowest BCUT2D eigenvalue weighted by molar-refractivity contribution is -0.384. The molecular weight excluding hydrogens is 266 g/mol. The molecule has 0 aliphatic heterocycles. The Morgan fingerprint density at radius 1 is 1.06 bits per heavy atom. The van der Waals surface area contributed by atoms with Crippen LogP contribution in [0.25, 0.3) is 20.2 Å². The summed E-state index contributed by atoms with van der Waals surface area (Å²) in [4.78, 5) is 10.4. The quantitative estimate of drug-likeness (QED) is 0.279. The van der Waals surface area contributed by atoms with Crippen LogP contribution in [-0.4, -0.2) is 4.92 Å². The Balaban J connectivity index is 2.49. The summed E-state index contributed by atoms with van der Waals surface area (Å²) in [5, 5.41) is 12.6. The van der Waals surface area contributed by atoms with Crippen molar-refractivity contribution in [2.75, 3.05) is 0 Å². The number of nitrogens with zero attached hydrogens (tertiary/aromatic N) is 1. The van der Waals surface area contributed by atoms with Crippen LogP contribution in [0.3, 0.4) is 0 Å². The molecule has 0 unspecified atom stereocenters. The summed E-state index contributed by atoms with van der Waals surface area (Å²) in [5.74, 6) is 0. The molecule has 5 heteroatoms. The Labute approximate surface area is 111 Å². The van der Waals surface area contributed by atoms with Crippen molar-refractivity contribution in [1.82, 2.24) is 0 Å². The summed E-state index contributed by atoms with van der Waals surface area (Å²) in [6, 6.07) is 12.7. The fourth-order valence-electron chi connectivity index (χ4n) is 1.90. The minimum Gasteiger partial charge on any atom is -0.258 e. The number of benzene rings is 2. The van der Waals surface area contributed by atoms with E-state index in [0.29, 0.717) is 4.51 Å². The van der Waals surface area contributed by atoms with Crippen molar-refractivity contribution in [2.24, 2.45) is 0 Å². The number of hydrogen-bond donors (Lipinski definition) is 0. The average Bonchev–Trinajstić information content (AvgIpc) is 2.38. The topological polar surface area (TPSA) is 43.1 Å². The van der Waals surface area contributed by atoms with Crippen molar-refractivity contribution in [3.8, 4) is 0 Å². The van der Waals surface area contributed by atoms with Gasteiger partial charge in [0.15, 0.2) is 0 Å². The van der Waals surface area contributed by atoms with Gasteiger partial charge in [-0.2, -0.15) is 0 Å². The maximum atomic E-state index is 10.8. The lowest BCUT2D eigenvalue weighted by Crippen LogP contribution is -1.87. The van der Waals surface area contributed by atoms with Crippen molar-refractivity contribution in [1.29, 1.82) is 0 Å². The first-order valence-electron chi connectivity index (χ1n) is 5.27. The molecule has 1 aromatic heterocycles. The molecule has 0 N–H and O–H groups in total. The maximum absolute atomic E-state index is 10.8. The number of rotatable bonds is 1. The van der Waals surface area contributed by atoms with Crippen LogP contribution in [-0.2, 0) is 0 Å². The molecule has 0 atom stereocenters. The second-order valence-corrected chi connectivity index (χ2v) is 5.36. The van der Waals surface area contributed by atoms with Crippen molar-refractivity contribution in [3.63, 3.8) is 0 Å². The molecule has 0 bridgehead atoms. The first-order chi connectivity index (χ1) is 8.66. The summed E-state index contributed by atoms with van der Waals surface area (Å²) in [6.45, 7) is 0. The molecule has 3 rings (SSSR count). The van der Waals surface area contributed by atoms with Crippen LogP contribution in [0.1, 0.15) is 0 Å². The van der Waals surface area contributed by atoms with Crippen LogP contribution >= 0.6 is 23.6 Å². The third kappa shape index (κ3) is 1.68. The average molecular weight is 273 g/mol. The number of fused-ring (bicyclic) bond motifs is 2. The lowest BCUT2D eigenvalue weighted by atomic mass is 10.2. The summed E-state index contributed by atoms with van der Waals surface area (Å²) < 4.78 is 2.76. The van der Waals surface area contributed by atoms with Gasteiger partial charge >= 0.3 is 0 Å². The van der Waals surface area contributed by atoms with E-state index in [1.54, 1.807) is 23.5 Å². The predicted octanol–water partition coefficient (Wildman–Crippen LogP) is 4.69. The van der Waals surface area contributed by atoms with Crippen LogP contribution in [0.15, 0.2) is 42.5 Å². The van der Waals surface area contributed by atoms with Crippen LogP contribution in [0.5, 0.6) is 0 Å². The molecule has 1 heterocycles. The van der Waals surface area contributed by atoms with Gasteiger partial charge in [0.05, 0.1) is 9.43 Å². The Morgan fingerprint density at radius 2 is 1.78 bits per heavy atom. The van der Waals surface area contributed by atoms with Crippen LogP contribution in [0.2, 0.25) is 0 Å². The molecule has 0 radical (unpaired) electrons. The first kappa shape index (κ1) is 11.3. The van der Waals surface area contributed by atoms with E-state index in [0.717, 1.165) is 20.2 Å². The first-order valence-corrected chi connectivity index (χ1v) is 6.49. The monoisotopic (exact) mass is 273 g/mol. The second kappa shape index (κ2) is 4.12. The highest BCUT2D eigenvalue weighted by molar-refractivity contribution is 7.72. The molecular formula is C13H7NO2S2. The zero-order chi connectivity index (χ0) is 12.7. The molecule has 2 aromatic carbocycles. The standard InChI is InChI=1S/C13H7NO2S2/c15-14(16)8-5-6-12-10(7-8)13(17)9-3-1-2-4-11(9)18-12/h1-7H. The van der Waals surface area contributed by atoms with E-state index in [1.807, 2.05) is 24.3 Å². The van der Waals surface area contributed by atoms with Gasteiger partial charge in [-0.1, -0.05) is 30.4 Å². The predicted molar refractivity (Wildman–Crippen MR) is 76.8 cm³/mol. The zero-order valence-corrected chi connectivity index (χ0v) is 10.8. The fourth-order valence-corrected chi connectivity index (χ4v) is 3.45. The largest absolute Gasteiger partial charge is 0.270 e. The lowest BCUT2D eigenvalue weighted by Gasteiger charge is -2.02. The van der Waals surface area contributed by atoms with Crippen molar-refractivity contribution < 1.29 is 4.92 Å². The van der Waals surface area contributed by atoms with Crippen molar-refractivity contribution >= 4 is 49.4 Å². The number of nitro benzene ring substituents is 1. The second-order valence-electron chi connectivity index (χ2n) is 3.86. The smallest absolute Gasteiger partial charge is 0.258 e. The summed E-state index contributed by atoms with van der Waals surface area (Å²) in [5.41, 5.74) is 0.0797. The molecule has 3 nitrogen and oxygen atoms in total. The van der Waals surface area contributed by atoms with Gasteiger partial charge in [0.2, 0.25) is 0 Å². The molecule has 3 aromatic rings. The molecule has 88 valence electrons. The van der Waals surface area contributed by atoms with E-state index in [4.69, 9.17) is 12.2 Å². The van der Waals surface area contributed by atoms with Gasteiger partial charge < -0.3 is 0 Å². The third-order valence-corrected chi connectivity index (χ3v) is 4.36. The SMILES string of the molecule is O=[N+]([O-])c1ccc2sc3ccccc3c(=S)c2c1. The van der Waals surface area contributed by atoms with E-state index in [-0.39, 0.29) is 5.69 Å². The van der Waals surface area contributed by atoms with Gasteiger partial charge in [-0.25, -0.2) is 0 Å². The molecule has 0 saturated carbocycles. The van der Waals surface area contributed by atoms with E-state index < -0.39 is 4.92 Å². The molecule has 18 heavy (non-hydrogen) atoms. The molecule has 0 saturated heterocycles. The molecule has 0 amide bonds. The van der Waals surface area contributed by atoms with Gasteiger partial charge in [0.25, 0.3) is 5.69 Å². The Bertz CT molecular complexity index is 839. The number of non-ortho nitro benzene ring substituents is 1. The van der Waals surface area contributed by atoms with Crippen LogP contribution in [0, 0.1) is 14.6 Å². The minimum absolute atomic E-state index is 0.0797. The molecule has 0 aliphatic carbocycles. The Kier molecular flexibility index (Phi) is 2.57. The molecule has 0 fully saturated rings. The van der Waals surface area contributed by atoms with Crippen LogP contribution < -0.4 is 0 Å². The van der Waals surface area contributed by atoms with E-state index in [9.17, 15) is 10.1 Å². The van der Waals surface area contributed by atoms with E-state index >= 15 is 0 Å².